The Hall–Kier alpha value is 0.270. The van der Waals surface area contributed by atoms with Crippen LogP contribution >= 0.6 is 12.6 Å². The standard InChI is InChI=1S/C6H14N2S/c9-5-6-4-7-2-1-3-8-6/h6-9H,1-5H2. The van der Waals surface area contributed by atoms with E-state index in [4.69, 9.17) is 0 Å². The van der Waals surface area contributed by atoms with E-state index in [2.05, 4.69) is 23.3 Å². The molecule has 2 nitrogen and oxygen atoms in total. The predicted octanol–water partition coefficient (Wildman–Crippen LogP) is -0.132. The summed E-state index contributed by atoms with van der Waals surface area (Å²) in [6.45, 7) is 3.36. The van der Waals surface area contributed by atoms with Crippen LogP contribution in [-0.4, -0.2) is 31.4 Å². The third-order valence-corrected chi connectivity index (χ3v) is 2.02. The lowest BCUT2D eigenvalue weighted by Crippen LogP contribution is -2.36. The Kier molecular flexibility index (Phi) is 3.40. The van der Waals surface area contributed by atoms with Gasteiger partial charge in [-0.25, -0.2) is 0 Å². The van der Waals surface area contributed by atoms with Crippen molar-refractivity contribution in [3.8, 4) is 0 Å². The molecule has 9 heavy (non-hydrogen) atoms. The monoisotopic (exact) mass is 146 g/mol. The first-order valence-electron chi connectivity index (χ1n) is 3.48. The maximum absolute atomic E-state index is 4.21. The number of hydrogen-bond donors (Lipinski definition) is 3. The second-order valence-corrected chi connectivity index (χ2v) is 2.76. The fourth-order valence-electron chi connectivity index (χ4n) is 0.997. The molecule has 0 bridgehead atoms. The van der Waals surface area contributed by atoms with Crippen molar-refractivity contribution in [1.29, 1.82) is 0 Å². The molecular weight excluding hydrogens is 132 g/mol. The molecule has 0 aromatic rings. The molecule has 1 fully saturated rings. The van der Waals surface area contributed by atoms with Gasteiger partial charge in [0.1, 0.15) is 0 Å². The van der Waals surface area contributed by atoms with Crippen LogP contribution in [0.3, 0.4) is 0 Å². The molecule has 1 atom stereocenters. The quantitative estimate of drug-likeness (QED) is 0.449. The summed E-state index contributed by atoms with van der Waals surface area (Å²) in [6, 6.07) is 0.579. The van der Waals surface area contributed by atoms with Crippen LogP contribution in [0, 0.1) is 0 Å². The maximum Gasteiger partial charge on any atom is 0.0280 e. The molecule has 54 valence electrons. The van der Waals surface area contributed by atoms with E-state index >= 15 is 0 Å². The molecule has 1 heterocycles. The van der Waals surface area contributed by atoms with Gasteiger partial charge in [0.2, 0.25) is 0 Å². The molecule has 0 radical (unpaired) electrons. The zero-order valence-electron chi connectivity index (χ0n) is 5.56. The summed E-state index contributed by atoms with van der Waals surface area (Å²) in [5.41, 5.74) is 0. The van der Waals surface area contributed by atoms with Gasteiger partial charge in [-0.3, -0.25) is 0 Å². The smallest absolute Gasteiger partial charge is 0.0280 e. The Balaban J connectivity index is 2.18. The second kappa shape index (κ2) is 4.14. The van der Waals surface area contributed by atoms with Crippen molar-refractivity contribution in [2.24, 2.45) is 0 Å². The Labute approximate surface area is 61.8 Å². The van der Waals surface area contributed by atoms with Crippen LogP contribution in [0.2, 0.25) is 0 Å². The zero-order chi connectivity index (χ0) is 6.53. The van der Waals surface area contributed by atoms with Gasteiger partial charge in [-0.2, -0.15) is 12.6 Å². The van der Waals surface area contributed by atoms with Gasteiger partial charge in [0.25, 0.3) is 0 Å². The summed E-state index contributed by atoms with van der Waals surface area (Å²) in [6.07, 6.45) is 1.24. The molecule has 1 saturated heterocycles. The fourth-order valence-corrected chi connectivity index (χ4v) is 1.26. The maximum atomic E-state index is 4.21. The van der Waals surface area contributed by atoms with Crippen molar-refractivity contribution in [3.63, 3.8) is 0 Å². The second-order valence-electron chi connectivity index (χ2n) is 2.39. The molecule has 0 aliphatic carbocycles. The van der Waals surface area contributed by atoms with Gasteiger partial charge >= 0.3 is 0 Å². The van der Waals surface area contributed by atoms with Crippen LogP contribution in [0.15, 0.2) is 0 Å². The number of nitrogens with one attached hydrogen (secondary N) is 2. The Morgan fingerprint density at radius 2 is 2.33 bits per heavy atom. The molecule has 2 N–H and O–H groups in total. The molecule has 0 aromatic heterocycles. The summed E-state index contributed by atoms with van der Waals surface area (Å²) >= 11 is 4.21. The van der Waals surface area contributed by atoms with Crippen LogP contribution in [-0.2, 0) is 0 Å². The Morgan fingerprint density at radius 1 is 1.44 bits per heavy atom. The lowest BCUT2D eigenvalue weighted by molar-refractivity contribution is 0.576. The minimum Gasteiger partial charge on any atom is -0.315 e. The van der Waals surface area contributed by atoms with Gasteiger partial charge in [-0.15, -0.1) is 0 Å². The third kappa shape index (κ3) is 2.56. The van der Waals surface area contributed by atoms with Gasteiger partial charge in [-0.1, -0.05) is 0 Å². The molecule has 1 rings (SSSR count). The fraction of sp³-hybridized carbons (Fsp3) is 1.00. The third-order valence-electron chi connectivity index (χ3n) is 1.57. The van der Waals surface area contributed by atoms with Gasteiger partial charge in [0, 0.05) is 18.3 Å². The minimum absolute atomic E-state index is 0.579. The predicted molar refractivity (Wildman–Crippen MR) is 43.1 cm³/mol. The lowest BCUT2D eigenvalue weighted by Gasteiger charge is -2.11. The molecular formula is C6H14N2S. The van der Waals surface area contributed by atoms with Crippen molar-refractivity contribution in [2.45, 2.75) is 12.5 Å². The van der Waals surface area contributed by atoms with Crippen LogP contribution in [0.4, 0.5) is 0 Å². The van der Waals surface area contributed by atoms with Crippen molar-refractivity contribution >= 4 is 12.6 Å². The molecule has 0 aromatic carbocycles. The highest BCUT2D eigenvalue weighted by molar-refractivity contribution is 7.80. The average molecular weight is 146 g/mol. The van der Waals surface area contributed by atoms with E-state index in [1.54, 1.807) is 0 Å². The lowest BCUT2D eigenvalue weighted by atomic mass is 10.3. The SMILES string of the molecule is SCC1CNCCCN1. The molecule has 1 aliphatic rings. The number of hydrogen-bond acceptors (Lipinski definition) is 3. The van der Waals surface area contributed by atoms with E-state index < -0.39 is 0 Å². The van der Waals surface area contributed by atoms with E-state index in [0.29, 0.717) is 6.04 Å². The van der Waals surface area contributed by atoms with Crippen molar-refractivity contribution < 1.29 is 0 Å². The average Bonchev–Trinajstić information content (AvgIpc) is 2.13. The van der Waals surface area contributed by atoms with E-state index in [-0.39, 0.29) is 0 Å². The molecule has 0 spiro atoms. The first-order valence-corrected chi connectivity index (χ1v) is 4.11. The van der Waals surface area contributed by atoms with Gasteiger partial charge in [0.15, 0.2) is 0 Å². The van der Waals surface area contributed by atoms with Gasteiger partial charge in [0.05, 0.1) is 0 Å². The first kappa shape index (κ1) is 7.38. The summed E-state index contributed by atoms with van der Waals surface area (Å²) in [4.78, 5) is 0. The van der Waals surface area contributed by atoms with Crippen LogP contribution < -0.4 is 10.6 Å². The largest absolute Gasteiger partial charge is 0.315 e. The molecule has 1 aliphatic heterocycles. The van der Waals surface area contributed by atoms with Crippen molar-refractivity contribution in [3.05, 3.63) is 0 Å². The Bertz CT molecular complexity index is 69.5. The zero-order valence-corrected chi connectivity index (χ0v) is 6.45. The van der Waals surface area contributed by atoms with Crippen LogP contribution in [0.25, 0.3) is 0 Å². The van der Waals surface area contributed by atoms with Crippen LogP contribution in [0.5, 0.6) is 0 Å². The summed E-state index contributed by atoms with van der Waals surface area (Å²) in [5, 5.41) is 6.73. The van der Waals surface area contributed by atoms with Gasteiger partial charge in [-0.05, 0) is 19.5 Å². The Morgan fingerprint density at radius 3 is 3.11 bits per heavy atom. The number of rotatable bonds is 1. The molecule has 1 unspecified atom stereocenters. The molecule has 3 heteroatoms. The van der Waals surface area contributed by atoms with Crippen LogP contribution in [0.1, 0.15) is 6.42 Å². The number of thiol groups is 1. The van der Waals surface area contributed by atoms with Crippen molar-refractivity contribution in [2.75, 3.05) is 25.4 Å². The highest BCUT2D eigenvalue weighted by Crippen LogP contribution is 1.90. The summed E-state index contributed by atoms with van der Waals surface area (Å²) < 4.78 is 0. The van der Waals surface area contributed by atoms with E-state index in [1.165, 1.54) is 6.42 Å². The van der Waals surface area contributed by atoms with E-state index in [1.807, 2.05) is 0 Å². The van der Waals surface area contributed by atoms with Crippen molar-refractivity contribution in [1.82, 2.24) is 10.6 Å². The van der Waals surface area contributed by atoms with E-state index in [9.17, 15) is 0 Å². The van der Waals surface area contributed by atoms with Gasteiger partial charge < -0.3 is 10.6 Å². The normalized spacial score (nSPS) is 29.7. The highest BCUT2D eigenvalue weighted by Gasteiger charge is 2.06. The first-order chi connectivity index (χ1) is 4.43. The highest BCUT2D eigenvalue weighted by atomic mass is 32.1. The summed E-state index contributed by atoms with van der Waals surface area (Å²) in [5.74, 6) is 0.938. The topological polar surface area (TPSA) is 24.1 Å². The molecule has 0 amide bonds. The minimum atomic E-state index is 0.579. The molecule has 0 saturated carbocycles. The summed E-state index contributed by atoms with van der Waals surface area (Å²) in [7, 11) is 0. The van der Waals surface area contributed by atoms with E-state index in [0.717, 1.165) is 25.4 Å².